The first-order valence-corrected chi connectivity index (χ1v) is 12.9. The highest BCUT2D eigenvalue weighted by Crippen LogP contribution is 2.31. The number of aliphatic hydroxyl groups is 1. The lowest BCUT2D eigenvalue weighted by atomic mass is 9.93. The number of aliphatic hydroxyl groups excluding tert-OH is 1. The summed E-state index contributed by atoms with van der Waals surface area (Å²) in [6.45, 7) is 12.2. The molecule has 3 N–H and O–H groups in total. The van der Waals surface area contributed by atoms with Crippen molar-refractivity contribution in [3.8, 4) is 0 Å². The molecular weight excluding hydrogens is 490 g/mol. The van der Waals surface area contributed by atoms with Crippen LogP contribution < -0.4 is 10.6 Å². The number of hydrogen-bond acceptors (Lipinski definition) is 6. The minimum absolute atomic E-state index is 0.0298. The van der Waals surface area contributed by atoms with E-state index in [4.69, 9.17) is 4.74 Å². The number of aryl methyl sites for hydroxylation is 4. The third-order valence-electron chi connectivity index (χ3n) is 5.90. The maximum absolute atomic E-state index is 13.9. The largest absolute Gasteiger partial charge is 0.444 e. The van der Waals surface area contributed by atoms with Crippen molar-refractivity contribution in [3.63, 3.8) is 0 Å². The van der Waals surface area contributed by atoms with E-state index < -0.39 is 35.6 Å². The number of nitrogens with one attached hydrogen (secondary N) is 2. The van der Waals surface area contributed by atoms with Crippen molar-refractivity contribution < 1.29 is 24.2 Å². The maximum Gasteiger partial charge on any atom is 0.408 e. The summed E-state index contributed by atoms with van der Waals surface area (Å²) in [5, 5.41) is 15.5. The monoisotopic (exact) mass is 529 g/mol. The van der Waals surface area contributed by atoms with Crippen LogP contribution in [-0.2, 0) is 14.3 Å². The summed E-state index contributed by atoms with van der Waals surface area (Å²) < 4.78 is 5.31. The number of para-hydroxylation sites is 1. The molecule has 202 valence electrons. The molecule has 0 bridgehead atoms. The molecule has 2 atom stereocenters. The highest BCUT2D eigenvalue weighted by atomic mass is 32.1. The summed E-state index contributed by atoms with van der Waals surface area (Å²) in [4.78, 5) is 41.5. The summed E-state index contributed by atoms with van der Waals surface area (Å²) in [6.07, 6.45) is -0.771. The second-order valence-corrected chi connectivity index (χ2v) is 10.5. The normalized spacial score (nSPS) is 12.9. The van der Waals surface area contributed by atoms with Gasteiger partial charge in [-0.2, -0.15) is 12.6 Å². The number of nitrogens with zero attached hydrogens (tertiary/aromatic N) is 1. The van der Waals surface area contributed by atoms with Gasteiger partial charge in [-0.25, -0.2) is 4.79 Å². The second-order valence-electron chi connectivity index (χ2n) is 10.1. The predicted octanol–water partition coefficient (Wildman–Crippen LogP) is 4.24. The van der Waals surface area contributed by atoms with Gasteiger partial charge in [-0.05, 0) is 76.3 Å². The van der Waals surface area contributed by atoms with Gasteiger partial charge in [-0.15, -0.1) is 0 Å². The van der Waals surface area contributed by atoms with Crippen molar-refractivity contribution in [2.45, 2.75) is 66.2 Å². The van der Waals surface area contributed by atoms with Gasteiger partial charge in [0, 0.05) is 18.0 Å². The smallest absolute Gasteiger partial charge is 0.408 e. The third-order valence-corrected chi connectivity index (χ3v) is 6.27. The molecule has 2 aromatic rings. The number of rotatable bonds is 9. The van der Waals surface area contributed by atoms with Crippen molar-refractivity contribution in [1.82, 2.24) is 10.2 Å². The Bertz CT molecular complexity index is 1090. The van der Waals surface area contributed by atoms with E-state index in [1.807, 2.05) is 64.1 Å². The van der Waals surface area contributed by atoms with E-state index in [9.17, 15) is 19.5 Å². The van der Waals surface area contributed by atoms with Crippen molar-refractivity contribution >= 4 is 36.2 Å². The number of alkyl carbamates (subject to hydrolysis) is 1. The highest BCUT2D eigenvalue weighted by Gasteiger charge is 2.37. The van der Waals surface area contributed by atoms with Crippen LogP contribution in [0.2, 0.25) is 0 Å². The van der Waals surface area contributed by atoms with Crippen molar-refractivity contribution in [2.75, 3.05) is 24.2 Å². The molecule has 2 unspecified atom stereocenters. The van der Waals surface area contributed by atoms with E-state index in [2.05, 4.69) is 23.3 Å². The fourth-order valence-corrected chi connectivity index (χ4v) is 4.45. The van der Waals surface area contributed by atoms with Gasteiger partial charge in [0.2, 0.25) is 5.91 Å². The molecule has 9 heteroatoms. The zero-order valence-corrected chi connectivity index (χ0v) is 23.6. The lowest BCUT2D eigenvalue weighted by Crippen LogP contribution is -2.54. The summed E-state index contributed by atoms with van der Waals surface area (Å²) in [7, 11) is 0. The molecule has 0 aromatic heterocycles. The van der Waals surface area contributed by atoms with Crippen LogP contribution in [0.5, 0.6) is 0 Å². The van der Waals surface area contributed by atoms with Crippen LogP contribution in [0.15, 0.2) is 36.4 Å². The molecule has 0 radical (unpaired) electrons. The molecule has 0 aliphatic carbocycles. The Labute approximate surface area is 225 Å². The van der Waals surface area contributed by atoms with E-state index in [0.717, 1.165) is 22.3 Å². The summed E-state index contributed by atoms with van der Waals surface area (Å²) >= 11 is 4.28. The highest BCUT2D eigenvalue weighted by molar-refractivity contribution is 7.80. The van der Waals surface area contributed by atoms with Gasteiger partial charge >= 0.3 is 6.09 Å². The molecule has 0 heterocycles. The van der Waals surface area contributed by atoms with E-state index in [1.165, 1.54) is 4.90 Å². The Morgan fingerprint density at radius 1 is 0.973 bits per heavy atom. The number of thiol groups is 1. The number of anilines is 1. The minimum Gasteiger partial charge on any atom is -0.444 e. The minimum atomic E-state index is -1.08. The SMILES string of the molecule is Cc1cccc(C)c1NC(=O)C(c1c(C)cccc1C)N(CCO)C(=O)C(CS)NC(=O)OC(C)(C)C. The molecule has 0 fully saturated rings. The molecule has 2 rings (SSSR count). The first kappa shape index (κ1) is 30.2. The third kappa shape index (κ3) is 7.97. The van der Waals surface area contributed by atoms with Crippen molar-refractivity contribution in [3.05, 3.63) is 64.2 Å². The second kappa shape index (κ2) is 13.0. The average Bonchev–Trinajstić information content (AvgIpc) is 2.79. The predicted molar refractivity (Wildman–Crippen MR) is 149 cm³/mol. The molecule has 37 heavy (non-hydrogen) atoms. The topological polar surface area (TPSA) is 108 Å². The molecule has 0 aliphatic rings. The zero-order chi connectivity index (χ0) is 27.9. The Hall–Kier alpha value is -3.04. The first-order chi connectivity index (χ1) is 17.3. The van der Waals surface area contributed by atoms with Gasteiger partial charge in [0.1, 0.15) is 17.7 Å². The Kier molecular flexibility index (Phi) is 10.6. The Morgan fingerprint density at radius 3 is 1.95 bits per heavy atom. The number of benzene rings is 2. The van der Waals surface area contributed by atoms with Gasteiger partial charge in [-0.3, -0.25) is 9.59 Å². The first-order valence-electron chi connectivity index (χ1n) is 12.3. The van der Waals surface area contributed by atoms with Gasteiger partial charge in [-0.1, -0.05) is 36.4 Å². The maximum atomic E-state index is 13.9. The Morgan fingerprint density at radius 2 is 1.49 bits per heavy atom. The summed E-state index contributed by atoms with van der Waals surface area (Å²) in [6, 6.07) is 9.19. The van der Waals surface area contributed by atoms with Gasteiger partial charge in [0.05, 0.1) is 6.61 Å². The fourth-order valence-electron chi connectivity index (χ4n) is 4.20. The average molecular weight is 530 g/mol. The fraction of sp³-hybridized carbons (Fsp3) is 0.464. The Balaban J connectivity index is 2.56. The molecule has 2 aromatic carbocycles. The lowest BCUT2D eigenvalue weighted by molar-refractivity contribution is -0.140. The van der Waals surface area contributed by atoms with Crippen LogP contribution >= 0.6 is 12.6 Å². The van der Waals surface area contributed by atoms with Crippen molar-refractivity contribution in [2.24, 2.45) is 0 Å². The number of ether oxygens (including phenoxy) is 1. The standard InChI is InChI=1S/C28H39N3O5S/c1-17-10-8-11-18(2)22(17)24(25(33)30-23-19(3)12-9-13-20(23)4)31(14-15-32)26(34)21(16-37)29-27(35)36-28(5,6)7/h8-13,21,24,32,37H,14-16H2,1-7H3,(H,29,35)(H,30,33). The van der Waals surface area contributed by atoms with Crippen LogP contribution in [0, 0.1) is 27.7 Å². The van der Waals surface area contributed by atoms with Crippen LogP contribution in [0.3, 0.4) is 0 Å². The molecule has 0 saturated heterocycles. The van der Waals surface area contributed by atoms with E-state index >= 15 is 0 Å². The van der Waals surface area contributed by atoms with Gasteiger partial charge < -0.3 is 25.4 Å². The summed E-state index contributed by atoms with van der Waals surface area (Å²) in [5.41, 5.74) is 3.97. The number of amides is 3. The molecule has 0 aliphatic heterocycles. The molecule has 0 spiro atoms. The quantitative estimate of drug-likeness (QED) is 0.364. The summed E-state index contributed by atoms with van der Waals surface area (Å²) in [5.74, 6) is -1.01. The van der Waals surface area contributed by atoms with E-state index in [-0.39, 0.29) is 18.9 Å². The molecule has 0 saturated carbocycles. The lowest BCUT2D eigenvalue weighted by Gasteiger charge is -2.35. The van der Waals surface area contributed by atoms with Gasteiger partial charge in [0.25, 0.3) is 5.91 Å². The van der Waals surface area contributed by atoms with E-state index in [0.29, 0.717) is 11.3 Å². The van der Waals surface area contributed by atoms with Gasteiger partial charge in [0.15, 0.2) is 0 Å². The molecule has 8 nitrogen and oxygen atoms in total. The van der Waals surface area contributed by atoms with Crippen LogP contribution in [0.1, 0.15) is 54.6 Å². The zero-order valence-electron chi connectivity index (χ0n) is 22.7. The molecular formula is C28H39N3O5S. The number of carbonyl (C=O) groups is 3. The van der Waals surface area contributed by atoms with Crippen molar-refractivity contribution in [1.29, 1.82) is 0 Å². The van der Waals surface area contributed by atoms with Crippen LogP contribution in [0.4, 0.5) is 10.5 Å². The molecule has 3 amide bonds. The number of hydrogen-bond donors (Lipinski definition) is 4. The van der Waals surface area contributed by atoms with Crippen LogP contribution in [-0.4, -0.2) is 58.5 Å². The van der Waals surface area contributed by atoms with Crippen LogP contribution in [0.25, 0.3) is 0 Å². The van der Waals surface area contributed by atoms with E-state index in [1.54, 1.807) is 20.8 Å². The number of carbonyl (C=O) groups excluding carboxylic acids is 3.